The van der Waals surface area contributed by atoms with Gasteiger partial charge in [0, 0.05) is 55.1 Å². The highest BCUT2D eigenvalue weighted by Crippen LogP contribution is 2.26. The summed E-state index contributed by atoms with van der Waals surface area (Å²) < 4.78 is 0. The number of aromatic nitrogens is 2. The first-order chi connectivity index (χ1) is 13.3. The molecule has 0 unspecified atom stereocenters. The molecular weight excluding hydrogens is 356 g/mol. The lowest BCUT2D eigenvalue weighted by molar-refractivity contribution is -0.121. The summed E-state index contributed by atoms with van der Waals surface area (Å²) in [6.45, 7) is 2.56. The second-order valence-corrected chi connectivity index (χ2v) is 7.46. The number of benzene rings is 1. The van der Waals surface area contributed by atoms with Crippen molar-refractivity contribution in [3.05, 3.63) is 65.4 Å². The highest BCUT2D eigenvalue weighted by atomic mass is 32.1. The zero-order chi connectivity index (χ0) is 18.5. The van der Waals surface area contributed by atoms with E-state index in [2.05, 4.69) is 44.5 Å². The molecule has 1 aliphatic heterocycles. The van der Waals surface area contributed by atoms with E-state index in [0.717, 1.165) is 35.8 Å². The fourth-order valence-electron chi connectivity index (χ4n) is 3.34. The Balaban J connectivity index is 1.21. The van der Waals surface area contributed by atoms with Crippen molar-refractivity contribution in [1.29, 1.82) is 0 Å². The van der Waals surface area contributed by atoms with Crippen molar-refractivity contribution in [2.75, 3.05) is 24.5 Å². The topological polar surface area (TPSA) is 58.1 Å². The smallest absolute Gasteiger partial charge is 0.220 e. The zero-order valence-corrected chi connectivity index (χ0v) is 15.9. The standard InChI is InChI=1S/C21H22N4OS/c26-20(23-11-13-25-12-9-16-4-1-2-6-19(16)25)8-7-18-15-27-21(24-18)17-5-3-10-22-14-17/h1-6,10,14-15H,7-9,11-13H2,(H,23,26). The zero-order valence-electron chi connectivity index (χ0n) is 15.1. The summed E-state index contributed by atoms with van der Waals surface area (Å²) in [7, 11) is 0. The van der Waals surface area contributed by atoms with Gasteiger partial charge >= 0.3 is 0 Å². The molecule has 138 valence electrons. The predicted octanol–water partition coefficient (Wildman–Crippen LogP) is 3.32. The largest absolute Gasteiger partial charge is 0.369 e. The van der Waals surface area contributed by atoms with Crippen LogP contribution in [0.2, 0.25) is 0 Å². The summed E-state index contributed by atoms with van der Waals surface area (Å²) in [5.74, 6) is 0.0819. The van der Waals surface area contributed by atoms with Gasteiger partial charge in [0.1, 0.15) is 5.01 Å². The highest BCUT2D eigenvalue weighted by molar-refractivity contribution is 7.13. The number of fused-ring (bicyclic) bond motifs is 1. The van der Waals surface area contributed by atoms with Gasteiger partial charge in [-0.05, 0) is 36.6 Å². The molecule has 3 aromatic rings. The third kappa shape index (κ3) is 4.34. The van der Waals surface area contributed by atoms with Gasteiger partial charge < -0.3 is 10.2 Å². The Labute approximate surface area is 163 Å². The molecule has 1 N–H and O–H groups in total. The second-order valence-electron chi connectivity index (χ2n) is 6.60. The lowest BCUT2D eigenvalue weighted by Crippen LogP contribution is -2.34. The Hall–Kier alpha value is -2.73. The average molecular weight is 379 g/mol. The number of carbonyl (C=O) groups excluding carboxylic acids is 1. The van der Waals surface area contributed by atoms with Crippen LogP contribution < -0.4 is 10.2 Å². The van der Waals surface area contributed by atoms with Gasteiger partial charge in [0.25, 0.3) is 0 Å². The SMILES string of the molecule is O=C(CCc1csc(-c2cccnc2)n1)NCCN1CCc2ccccc21. The van der Waals surface area contributed by atoms with E-state index in [9.17, 15) is 4.79 Å². The van der Waals surface area contributed by atoms with Gasteiger partial charge in [-0.25, -0.2) is 4.98 Å². The molecule has 0 saturated heterocycles. The van der Waals surface area contributed by atoms with Crippen LogP contribution in [0.4, 0.5) is 5.69 Å². The van der Waals surface area contributed by atoms with Crippen molar-refractivity contribution in [1.82, 2.24) is 15.3 Å². The molecule has 1 aromatic carbocycles. The Bertz CT molecular complexity index is 909. The molecule has 0 spiro atoms. The number of amides is 1. The Morgan fingerprint density at radius 3 is 3.04 bits per heavy atom. The first-order valence-corrected chi connectivity index (χ1v) is 10.1. The minimum absolute atomic E-state index is 0.0819. The molecule has 0 aliphatic carbocycles. The summed E-state index contributed by atoms with van der Waals surface area (Å²) in [5.41, 5.74) is 4.68. The first-order valence-electron chi connectivity index (χ1n) is 9.24. The van der Waals surface area contributed by atoms with Gasteiger partial charge in [0.15, 0.2) is 0 Å². The number of nitrogens with zero attached hydrogens (tertiary/aromatic N) is 3. The van der Waals surface area contributed by atoms with E-state index in [-0.39, 0.29) is 5.91 Å². The van der Waals surface area contributed by atoms with Gasteiger partial charge in [-0.15, -0.1) is 11.3 Å². The number of pyridine rings is 1. The number of para-hydroxylation sites is 1. The first kappa shape index (κ1) is 17.7. The minimum Gasteiger partial charge on any atom is -0.369 e. The van der Waals surface area contributed by atoms with Crippen LogP contribution >= 0.6 is 11.3 Å². The monoisotopic (exact) mass is 378 g/mol. The maximum absolute atomic E-state index is 12.1. The van der Waals surface area contributed by atoms with Gasteiger partial charge in [0.05, 0.1) is 5.69 Å². The maximum Gasteiger partial charge on any atom is 0.220 e. The van der Waals surface area contributed by atoms with E-state index in [0.29, 0.717) is 19.4 Å². The van der Waals surface area contributed by atoms with Crippen LogP contribution in [0.15, 0.2) is 54.2 Å². The fraction of sp³-hybridized carbons (Fsp3) is 0.286. The Morgan fingerprint density at radius 2 is 2.15 bits per heavy atom. The van der Waals surface area contributed by atoms with Gasteiger partial charge in [0.2, 0.25) is 5.91 Å². The fourth-order valence-corrected chi connectivity index (χ4v) is 4.19. The minimum atomic E-state index is 0.0819. The lowest BCUT2D eigenvalue weighted by Gasteiger charge is -2.19. The van der Waals surface area contributed by atoms with Crippen molar-refractivity contribution in [2.45, 2.75) is 19.3 Å². The van der Waals surface area contributed by atoms with Crippen LogP contribution in [0.25, 0.3) is 10.6 Å². The van der Waals surface area contributed by atoms with Crippen LogP contribution in [-0.4, -0.2) is 35.5 Å². The van der Waals surface area contributed by atoms with Gasteiger partial charge in [-0.2, -0.15) is 0 Å². The van der Waals surface area contributed by atoms with Crippen molar-refractivity contribution >= 4 is 22.9 Å². The molecule has 27 heavy (non-hydrogen) atoms. The molecular formula is C21H22N4OS. The Morgan fingerprint density at radius 1 is 1.22 bits per heavy atom. The molecule has 0 radical (unpaired) electrons. The maximum atomic E-state index is 12.1. The second kappa shape index (κ2) is 8.31. The number of hydrogen-bond donors (Lipinski definition) is 1. The molecule has 0 fully saturated rings. The number of nitrogens with one attached hydrogen (secondary N) is 1. The normalized spacial score (nSPS) is 12.8. The number of hydrogen-bond acceptors (Lipinski definition) is 5. The third-order valence-corrected chi connectivity index (χ3v) is 5.70. The van der Waals surface area contributed by atoms with E-state index in [1.165, 1.54) is 11.3 Å². The predicted molar refractivity (Wildman–Crippen MR) is 109 cm³/mol. The summed E-state index contributed by atoms with van der Waals surface area (Å²) in [6.07, 6.45) is 5.78. The van der Waals surface area contributed by atoms with Crippen LogP contribution in [-0.2, 0) is 17.6 Å². The summed E-state index contributed by atoms with van der Waals surface area (Å²) in [6, 6.07) is 12.4. The van der Waals surface area contributed by atoms with Crippen LogP contribution in [0, 0.1) is 0 Å². The van der Waals surface area contributed by atoms with Gasteiger partial charge in [-0.1, -0.05) is 18.2 Å². The molecule has 1 aliphatic rings. The molecule has 4 rings (SSSR count). The number of carbonyl (C=O) groups is 1. The third-order valence-electron chi connectivity index (χ3n) is 4.76. The molecule has 0 bridgehead atoms. The van der Waals surface area contributed by atoms with Crippen LogP contribution in [0.5, 0.6) is 0 Å². The average Bonchev–Trinajstić information content (AvgIpc) is 3.35. The summed E-state index contributed by atoms with van der Waals surface area (Å²) in [4.78, 5) is 23.2. The molecule has 1 amide bonds. The molecule has 0 saturated carbocycles. The highest BCUT2D eigenvalue weighted by Gasteiger charge is 2.17. The van der Waals surface area contributed by atoms with E-state index >= 15 is 0 Å². The molecule has 0 atom stereocenters. The van der Waals surface area contributed by atoms with Crippen LogP contribution in [0.1, 0.15) is 17.7 Å². The number of aryl methyl sites for hydroxylation is 1. The van der Waals surface area contributed by atoms with Crippen molar-refractivity contribution in [2.24, 2.45) is 0 Å². The summed E-state index contributed by atoms with van der Waals surface area (Å²) >= 11 is 1.59. The van der Waals surface area contributed by atoms with E-state index in [1.54, 1.807) is 17.5 Å². The van der Waals surface area contributed by atoms with E-state index in [4.69, 9.17) is 0 Å². The molecule has 3 heterocycles. The van der Waals surface area contributed by atoms with E-state index < -0.39 is 0 Å². The molecule has 6 heteroatoms. The summed E-state index contributed by atoms with van der Waals surface area (Å²) in [5, 5.41) is 6.01. The van der Waals surface area contributed by atoms with Crippen molar-refractivity contribution in [3.63, 3.8) is 0 Å². The van der Waals surface area contributed by atoms with Crippen molar-refractivity contribution in [3.8, 4) is 10.6 Å². The van der Waals surface area contributed by atoms with Crippen molar-refractivity contribution < 1.29 is 4.79 Å². The Kier molecular flexibility index (Phi) is 5.44. The quantitative estimate of drug-likeness (QED) is 0.685. The number of thiazole rings is 1. The number of anilines is 1. The lowest BCUT2D eigenvalue weighted by atomic mass is 10.2. The van der Waals surface area contributed by atoms with E-state index in [1.807, 2.05) is 23.7 Å². The molecule has 2 aromatic heterocycles. The van der Waals surface area contributed by atoms with Gasteiger partial charge in [-0.3, -0.25) is 9.78 Å². The molecule has 5 nitrogen and oxygen atoms in total. The number of rotatable bonds is 7. The van der Waals surface area contributed by atoms with Crippen LogP contribution in [0.3, 0.4) is 0 Å².